The Morgan fingerprint density at radius 1 is 1.27 bits per heavy atom. The van der Waals surface area contributed by atoms with Crippen LogP contribution in [0.4, 0.5) is 5.82 Å². The predicted octanol–water partition coefficient (Wildman–Crippen LogP) is 3.17. The number of hydrogen-bond donors (Lipinski definition) is 1. The number of anilines is 1. The van der Waals surface area contributed by atoms with Crippen molar-refractivity contribution in [1.82, 2.24) is 4.98 Å². The van der Waals surface area contributed by atoms with Crippen LogP contribution < -0.4 is 5.32 Å². The Morgan fingerprint density at radius 3 is 3.07 bits per heavy atom. The number of rotatable bonds is 5. The number of aryl methyl sites for hydroxylation is 2. The smallest absolute Gasteiger partial charge is 0.126 e. The van der Waals surface area contributed by atoms with Crippen LogP contribution in [0.1, 0.15) is 43.9 Å². The summed E-state index contributed by atoms with van der Waals surface area (Å²) in [6.45, 7) is 3.28. The number of nitrogens with one attached hydrogen (secondary N) is 1. The van der Waals surface area contributed by atoms with Gasteiger partial charge < -0.3 is 5.32 Å². The summed E-state index contributed by atoms with van der Waals surface area (Å²) in [6.07, 6.45) is 7.49. The number of aromatic nitrogens is 1. The Kier molecular flexibility index (Phi) is 3.59. The summed E-state index contributed by atoms with van der Waals surface area (Å²) in [5, 5.41) is 3.40. The molecule has 0 bridgehead atoms. The molecular weight excluding hydrogens is 184 g/mol. The van der Waals surface area contributed by atoms with Crippen LogP contribution in [0.5, 0.6) is 0 Å². The minimum atomic E-state index is 1.06. The standard InChI is InChI=1S/C13H20N2/c1-2-3-4-10-14-13-9-8-11-6-5-7-12(11)15-13/h8-9H,2-7,10H2,1H3,(H,14,15). The van der Waals surface area contributed by atoms with Crippen LogP contribution in [0.15, 0.2) is 12.1 Å². The second-order valence-electron chi connectivity index (χ2n) is 4.29. The zero-order valence-corrected chi connectivity index (χ0v) is 9.55. The molecule has 0 aliphatic heterocycles. The third-order valence-corrected chi connectivity index (χ3v) is 3.01. The topological polar surface area (TPSA) is 24.9 Å². The minimum absolute atomic E-state index is 1.06. The summed E-state index contributed by atoms with van der Waals surface area (Å²) in [6, 6.07) is 4.35. The van der Waals surface area contributed by atoms with E-state index in [4.69, 9.17) is 0 Å². The lowest BCUT2D eigenvalue weighted by Gasteiger charge is -2.06. The molecule has 1 aromatic rings. The van der Waals surface area contributed by atoms with Crippen molar-refractivity contribution >= 4 is 5.82 Å². The van der Waals surface area contributed by atoms with Gasteiger partial charge in [-0.1, -0.05) is 25.8 Å². The highest BCUT2D eigenvalue weighted by Crippen LogP contribution is 2.21. The van der Waals surface area contributed by atoms with Crippen LogP contribution in [0.25, 0.3) is 0 Å². The van der Waals surface area contributed by atoms with Gasteiger partial charge in [0, 0.05) is 12.2 Å². The van der Waals surface area contributed by atoms with E-state index in [0.717, 1.165) is 12.4 Å². The quantitative estimate of drug-likeness (QED) is 0.745. The normalized spacial score (nSPS) is 13.9. The highest BCUT2D eigenvalue weighted by atomic mass is 15.0. The third kappa shape index (κ3) is 2.71. The maximum Gasteiger partial charge on any atom is 0.126 e. The molecule has 1 heterocycles. The van der Waals surface area contributed by atoms with E-state index < -0.39 is 0 Å². The molecule has 1 aliphatic rings. The Balaban J connectivity index is 1.87. The van der Waals surface area contributed by atoms with Crippen molar-refractivity contribution in [2.75, 3.05) is 11.9 Å². The molecule has 2 nitrogen and oxygen atoms in total. The number of pyridine rings is 1. The van der Waals surface area contributed by atoms with Gasteiger partial charge in [0.2, 0.25) is 0 Å². The van der Waals surface area contributed by atoms with Crippen LogP contribution in [-0.4, -0.2) is 11.5 Å². The van der Waals surface area contributed by atoms with Crippen LogP contribution in [0.3, 0.4) is 0 Å². The molecule has 15 heavy (non-hydrogen) atoms. The van der Waals surface area contributed by atoms with Gasteiger partial charge in [0.1, 0.15) is 5.82 Å². The van der Waals surface area contributed by atoms with Gasteiger partial charge in [-0.05, 0) is 37.3 Å². The first-order chi connectivity index (χ1) is 7.40. The molecule has 1 aromatic heterocycles. The molecule has 1 aliphatic carbocycles. The molecule has 2 rings (SSSR count). The molecule has 0 fully saturated rings. The van der Waals surface area contributed by atoms with E-state index in [-0.39, 0.29) is 0 Å². The lowest BCUT2D eigenvalue weighted by molar-refractivity contribution is 0.742. The summed E-state index contributed by atoms with van der Waals surface area (Å²) in [5.41, 5.74) is 2.77. The molecule has 82 valence electrons. The summed E-state index contributed by atoms with van der Waals surface area (Å²) < 4.78 is 0. The molecular formula is C13H20N2. The zero-order chi connectivity index (χ0) is 10.5. The van der Waals surface area contributed by atoms with E-state index in [2.05, 4.69) is 29.4 Å². The van der Waals surface area contributed by atoms with Gasteiger partial charge in [0.15, 0.2) is 0 Å². The summed E-state index contributed by atoms with van der Waals surface area (Å²) >= 11 is 0. The van der Waals surface area contributed by atoms with Crippen LogP contribution >= 0.6 is 0 Å². The van der Waals surface area contributed by atoms with E-state index in [9.17, 15) is 0 Å². The van der Waals surface area contributed by atoms with Crippen molar-refractivity contribution < 1.29 is 0 Å². The molecule has 0 aromatic carbocycles. The van der Waals surface area contributed by atoms with Crippen LogP contribution in [0, 0.1) is 0 Å². The molecule has 0 spiro atoms. The second-order valence-corrected chi connectivity index (χ2v) is 4.29. The fourth-order valence-corrected chi connectivity index (χ4v) is 2.11. The van der Waals surface area contributed by atoms with Gasteiger partial charge in [0.05, 0.1) is 0 Å². The largest absolute Gasteiger partial charge is 0.370 e. The van der Waals surface area contributed by atoms with Crippen molar-refractivity contribution in [2.24, 2.45) is 0 Å². The maximum absolute atomic E-state index is 4.64. The van der Waals surface area contributed by atoms with Gasteiger partial charge in [-0.15, -0.1) is 0 Å². The molecule has 0 radical (unpaired) electrons. The average Bonchev–Trinajstić information content (AvgIpc) is 2.71. The maximum atomic E-state index is 4.64. The van der Waals surface area contributed by atoms with Gasteiger partial charge in [-0.2, -0.15) is 0 Å². The van der Waals surface area contributed by atoms with Crippen molar-refractivity contribution in [3.05, 3.63) is 23.4 Å². The first-order valence-electron chi connectivity index (χ1n) is 6.13. The van der Waals surface area contributed by atoms with Crippen molar-refractivity contribution in [3.8, 4) is 0 Å². The van der Waals surface area contributed by atoms with Gasteiger partial charge in [-0.25, -0.2) is 4.98 Å². The van der Waals surface area contributed by atoms with Gasteiger partial charge in [0.25, 0.3) is 0 Å². The number of unbranched alkanes of at least 4 members (excludes halogenated alkanes) is 2. The van der Waals surface area contributed by atoms with E-state index >= 15 is 0 Å². The molecule has 1 N–H and O–H groups in total. The minimum Gasteiger partial charge on any atom is -0.370 e. The monoisotopic (exact) mass is 204 g/mol. The van der Waals surface area contributed by atoms with Crippen LogP contribution in [0.2, 0.25) is 0 Å². The predicted molar refractivity (Wildman–Crippen MR) is 64.3 cm³/mol. The zero-order valence-electron chi connectivity index (χ0n) is 9.55. The highest BCUT2D eigenvalue weighted by molar-refractivity contribution is 5.40. The van der Waals surface area contributed by atoms with E-state index in [1.54, 1.807) is 0 Å². The first-order valence-corrected chi connectivity index (χ1v) is 6.13. The third-order valence-electron chi connectivity index (χ3n) is 3.01. The Bertz CT molecular complexity index is 320. The SMILES string of the molecule is CCCCCNc1ccc2c(n1)CCC2. The molecule has 0 saturated carbocycles. The average molecular weight is 204 g/mol. The summed E-state index contributed by atoms with van der Waals surface area (Å²) in [5.74, 6) is 1.06. The Labute approximate surface area is 92.1 Å². The number of hydrogen-bond acceptors (Lipinski definition) is 2. The van der Waals surface area contributed by atoms with Gasteiger partial charge in [-0.3, -0.25) is 0 Å². The fourth-order valence-electron chi connectivity index (χ4n) is 2.11. The fraction of sp³-hybridized carbons (Fsp3) is 0.615. The van der Waals surface area contributed by atoms with E-state index in [0.29, 0.717) is 0 Å². The molecule has 2 heteroatoms. The van der Waals surface area contributed by atoms with E-state index in [1.165, 1.54) is 49.8 Å². The number of fused-ring (bicyclic) bond motifs is 1. The highest BCUT2D eigenvalue weighted by Gasteiger charge is 2.11. The number of nitrogens with zero attached hydrogens (tertiary/aromatic N) is 1. The molecule has 0 unspecified atom stereocenters. The summed E-state index contributed by atoms with van der Waals surface area (Å²) in [4.78, 5) is 4.64. The van der Waals surface area contributed by atoms with Crippen molar-refractivity contribution in [3.63, 3.8) is 0 Å². The molecule has 0 atom stereocenters. The Morgan fingerprint density at radius 2 is 2.20 bits per heavy atom. The lowest BCUT2D eigenvalue weighted by Crippen LogP contribution is -2.04. The van der Waals surface area contributed by atoms with E-state index in [1.807, 2.05) is 0 Å². The molecule has 0 saturated heterocycles. The second kappa shape index (κ2) is 5.15. The lowest BCUT2D eigenvalue weighted by atomic mass is 10.2. The van der Waals surface area contributed by atoms with Crippen LogP contribution in [-0.2, 0) is 12.8 Å². The Hall–Kier alpha value is -1.05. The van der Waals surface area contributed by atoms with Crippen molar-refractivity contribution in [2.45, 2.75) is 45.4 Å². The van der Waals surface area contributed by atoms with Gasteiger partial charge >= 0.3 is 0 Å². The van der Waals surface area contributed by atoms with Crippen molar-refractivity contribution in [1.29, 1.82) is 0 Å². The first kappa shape index (κ1) is 10.5. The molecule has 0 amide bonds. The summed E-state index contributed by atoms with van der Waals surface area (Å²) in [7, 11) is 0.